The maximum absolute atomic E-state index is 11.9. The van der Waals surface area contributed by atoms with Crippen LogP contribution < -0.4 is 5.73 Å². The normalized spacial score (nSPS) is 10.9. The number of nitrogens with zero attached hydrogens (tertiary/aromatic N) is 3. The molecule has 0 aliphatic carbocycles. The van der Waals surface area contributed by atoms with Gasteiger partial charge in [0.15, 0.2) is 0 Å². The van der Waals surface area contributed by atoms with E-state index in [0.29, 0.717) is 12.1 Å². The van der Waals surface area contributed by atoms with E-state index >= 15 is 0 Å². The molecule has 0 aliphatic rings. The van der Waals surface area contributed by atoms with E-state index in [-0.39, 0.29) is 0 Å². The molecule has 0 bridgehead atoms. The van der Waals surface area contributed by atoms with Crippen molar-refractivity contribution in [1.82, 2.24) is 14.5 Å². The number of aryl methyl sites for hydroxylation is 1. The summed E-state index contributed by atoms with van der Waals surface area (Å²) in [5, 5.41) is 2.91. The van der Waals surface area contributed by atoms with Crippen molar-refractivity contribution in [2.24, 2.45) is 5.73 Å². The summed E-state index contributed by atoms with van der Waals surface area (Å²) in [6.45, 7) is 4.53. The Kier molecular flexibility index (Phi) is 4.79. The molecule has 3 heterocycles. The number of benzene rings is 1. The Morgan fingerprint density at radius 3 is 2.61 bits per heavy atom. The molecular weight excluding hydrogens is 368 g/mol. The first kappa shape index (κ1) is 18.1. The number of carbonyl (C=O) groups is 1. The van der Waals surface area contributed by atoms with E-state index in [2.05, 4.69) is 21.7 Å². The quantitative estimate of drug-likeness (QED) is 0.549. The van der Waals surface area contributed by atoms with Gasteiger partial charge >= 0.3 is 0 Å². The summed E-state index contributed by atoms with van der Waals surface area (Å²) in [5.74, 6) is -0.427. The van der Waals surface area contributed by atoms with Gasteiger partial charge in [-0.2, -0.15) is 0 Å². The lowest BCUT2D eigenvalue weighted by Crippen LogP contribution is -2.12. The monoisotopic (exact) mass is 388 g/mol. The molecule has 4 rings (SSSR count). The van der Waals surface area contributed by atoms with Crippen molar-refractivity contribution in [3.8, 4) is 22.0 Å². The molecule has 0 aliphatic heterocycles. The number of primary amides is 1. The van der Waals surface area contributed by atoms with Gasteiger partial charge in [-0.05, 0) is 37.6 Å². The molecule has 5 nitrogen and oxygen atoms in total. The molecule has 0 spiro atoms. The molecule has 0 radical (unpaired) electrons. The number of thiazole rings is 1. The van der Waals surface area contributed by atoms with Crippen molar-refractivity contribution in [2.45, 2.75) is 20.4 Å². The Hall–Kier alpha value is -3.25. The topological polar surface area (TPSA) is 73.8 Å². The van der Waals surface area contributed by atoms with Gasteiger partial charge in [-0.15, -0.1) is 11.3 Å². The maximum atomic E-state index is 11.9. The molecule has 2 N–H and O–H groups in total. The zero-order chi connectivity index (χ0) is 19.7. The standard InChI is InChI=1S/C22H20N4OS/c1-14-8-9-17(11-24-14)22-25-19(13-28-22)20-10-18(21(23)27)15(2)26(20)12-16-6-4-3-5-7-16/h3-11,13H,12H2,1-2H3,(H2,23,27). The first-order valence-corrected chi connectivity index (χ1v) is 9.83. The zero-order valence-electron chi connectivity index (χ0n) is 15.7. The first-order chi connectivity index (χ1) is 13.5. The van der Waals surface area contributed by atoms with Crippen LogP contribution in [0.4, 0.5) is 0 Å². The summed E-state index contributed by atoms with van der Waals surface area (Å²) in [6.07, 6.45) is 1.83. The Morgan fingerprint density at radius 1 is 1.14 bits per heavy atom. The average Bonchev–Trinajstić information content (AvgIpc) is 3.29. The number of carbonyl (C=O) groups excluding carboxylic acids is 1. The lowest BCUT2D eigenvalue weighted by Gasteiger charge is -2.11. The Balaban J connectivity index is 1.77. The summed E-state index contributed by atoms with van der Waals surface area (Å²) in [5.41, 5.74) is 11.8. The molecule has 0 atom stereocenters. The van der Waals surface area contributed by atoms with Crippen LogP contribution in [0.3, 0.4) is 0 Å². The van der Waals surface area contributed by atoms with Gasteiger partial charge in [0.05, 0.1) is 17.0 Å². The third-order valence-corrected chi connectivity index (χ3v) is 5.63. The summed E-state index contributed by atoms with van der Waals surface area (Å²) in [6, 6.07) is 16.0. The second-order valence-corrected chi connectivity index (χ2v) is 7.55. The van der Waals surface area contributed by atoms with E-state index in [4.69, 9.17) is 10.7 Å². The van der Waals surface area contributed by atoms with Gasteiger partial charge in [0, 0.05) is 35.1 Å². The van der Waals surface area contributed by atoms with Gasteiger partial charge < -0.3 is 10.3 Å². The SMILES string of the molecule is Cc1ccc(-c2nc(-c3cc(C(N)=O)c(C)n3Cc3ccccc3)cs2)cn1. The minimum absolute atomic E-state index is 0.427. The van der Waals surface area contributed by atoms with E-state index in [9.17, 15) is 4.79 Å². The van der Waals surface area contributed by atoms with Crippen LogP contribution in [0.25, 0.3) is 22.0 Å². The Morgan fingerprint density at radius 2 is 1.93 bits per heavy atom. The highest BCUT2D eigenvalue weighted by Crippen LogP contribution is 2.31. The number of aromatic nitrogens is 3. The fourth-order valence-corrected chi connectivity index (χ4v) is 4.00. The number of pyridine rings is 1. The molecular formula is C22H20N4OS. The molecule has 28 heavy (non-hydrogen) atoms. The average molecular weight is 388 g/mol. The van der Waals surface area contributed by atoms with Gasteiger partial charge in [0.1, 0.15) is 5.01 Å². The van der Waals surface area contributed by atoms with Crippen LogP contribution in [0.15, 0.2) is 60.1 Å². The van der Waals surface area contributed by atoms with Crippen molar-refractivity contribution >= 4 is 17.2 Å². The third-order valence-electron chi connectivity index (χ3n) is 4.74. The van der Waals surface area contributed by atoms with Crippen molar-refractivity contribution in [1.29, 1.82) is 0 Å². The van der Waals surface area contributed by atoms with Crippen LogP contribution in [0, 0.1) is 13.8 Å². The Labute approximate surface area is 167 Å². The van der Waals surface area contributed by atoms with Gasteiger partial charge in [-0.25, -0.2) is 4.98 Å². The van der Waals surface area contributed by atoms with Crippen LogP contribution >= 0.6 is 11.3 Å². The first-order valence-electron chi connectivity index (χ1n) is 8.95. The van der Waals surface area contributed by atoms with Crippen LogP contribution in [0.2, 0.25) is 0 Å². The molecule has 0 saturated carbocycles. The highest BCUT2D eigenvalue weighted by Gasteiger charge is 2.19. The number of hydrogen-bond acceptors (Lipinski definition) is 4. The fraction of sp³-hybridized carbons (Fsp3) is 0.136. The number of rotatable bonds is 5. The van der Waals surface area contributed by atoms with E-state index in [0.717, 1.165) is 38.9 Å². The lowest BCUT2D eigenvalue weighted by molar-refractivity contribution is 0.0999. The van der Waals surface area contributed by atoms with Gasteiger partial charge in [-0.1, -0.05) is 30.3 Å². The molecule has 140 valence electrons. The van der Waals surface area contributed by atoms with Crippen LogP contribution in [-0.2, 0) is 6.54 Å². The van der Waals surface area contributed by atoms with Crippen molar-refractivity contribution in [3.63, 3.8) is 0 Å². The number of hydrogen-bond donors (Lipinski definition) is 1. The van der Waals surface area contributed by atoms with Crippen molar-refractivity contribution in [3.05, 3.63) is 82.6 Å². The van der Waals surface area contributed by atoms with Crippen LogP contribution in [-0.4, -0.2) is 20.4 Å². The highest BCUT2D eigenvalue weighted by atomic mass is 32.1. The van der Waals surface area contributed by atoms with E-state index < -0.39 is 5.91 Å². The molecule has 0 saturated heterocycles. The Bertz CT molecular complexity index is 1130. The van der Waals surface area contributed by atoms with Gasteiger partial charge in [-0.3, -0.25) is 9.78 Å². The predicted octanol–water partition coefficient (Wildman–Crippen LogP) is 4.44. The molecule has 6 heteroatoms. The third kappa shape index (κ3) is 3.46. The second-order valence-electron chi connectivity index (χ2n) is 6.69. The maximum Gasteiger partial charge on any atom is 0.250 e. The van der Waals surface area contributed by atoms with Crippen LogP contribution in [0.5, 0.6) is 0 Å². The highest BCUT2D eigenvalue weighted by molar-refractivity contribution is 7.13. The van der Waals surface area contributed by atoms with Crippen LogP contribution in [0.1, 0.15) is 27.3 Å². The van der Waals surface area contributed by atoms with E-state index in [1.807, 2.05) is 61.8 Å². The molecule has 0 unspecified atom stereocenters. The van der Waals surface area contributed by atoms with Gasteiger partial charge in [0.2, 0.25) is 0 Å². The minimum atomic E-state index is -0.427. The fourth-order valence-electron chi connectivity index (χ4n) is 3.19. The molecule has 1 amide bonds. The zero-order valence-corrected chi connectivity index (χ0v) is 16.5. The summed E-state index contributed by atoms with van der Waals surface area (Å²) in [7, 11) is 0. The van der Waals surface area contributed by atoms with Crippen molar-refractivity contribution < 1.29 is 4.79 Å². The lowest BCUT2D eigenvalue weighted by atomic mass is 10.2. The minimum Gasteiger partial charge on any atom is -0.366 e. The molecule has 1 aromatic carbocycles. The molecule has 4 aromatic rings. The second kappa shape index (κ2) is 7.40. The van der Waals surface area contributed by atoms with Crippen molar-refractivity contribution in [2.75, 3.05) is 0 Å². The molecule has 3 aromatic heterocycles. The number of nitrogens with two attached hydrogens (primary N) is 1. The van der Waals surface area contributed by atoms with E-state index in [1.165, 1.54) is 0 Å². The number of amides is 1. The van der Waals surface area contributed by atoms with E-state index in [1.54, 1.807) is 11.3 Å². The summed E-state index contributed by atoms with van der Waals surface area (Å²) >= 11 is 1.56. The summed E-state index contributed by atoms with van der Waals surface area (Å²) < 4.78 is 2.10. The summed E-state index contributed by atoms with van der Waals surface area (Å²) in [4.78, 5) is 21.1. The predicted molar refractivity (Wildman–Crippen MR) is 112 cm³/mol. The van der Waals surface area contributed by atoms with Gasteiger partial charge in [0.25, 0.3) is 5.91 Å². The molecule has 0 fully saturated rings. The smallest absolute Gasteiger partial charge is 0.250 e. The largest absolute Gasteiger partial charge is 0.366 e.